The minimum Gasteiger partial charge on any atom is -0.443 e. The lowest BCUT2D eigenvalue weighted by molar-refractivity contribution is -0.237. The number of aliphatic hydroxyl groups is 1. The third kappa shape index (κ3) is 4.01. The number of hydrogen-bond acceptors (Lipinski definition) is 7. The number of morpholine rings is 1. The number of amides is 1. The van der Waals surface area contributed by atoms with Gasteiger partial charge in [0.2, 0.25) is 0 Å². The molecular weight excluding hydrogens is 544 g/mol. The quantitative estimate of drug-likeness (QED) is 0.394. The molecule has 2 unspecified atom stereocenters. The monoisotopic (exact) mass is 602 g/mol. The molecule has 0 bridgehead atoms. The van der Waals surface area contributed by atoms with Gasteiger partial charge in [0.15, 0.2) is 6.29 Å². The van der Waals surface area contributed by atoms with E-state index in [1.54, 1.807) is 0 Å². The van der Waals surface area contributed by atoms with Crippen LogP contribution in [0.5, 0.6) is 0 Å². The van der Waals surface area contributed by atoms with E-state index in [9.17, 15) is 9.90 Å². The van der Waals surface area contributed by atoms with Gasteiger partial charge < -0.3 is 35.1 Å². The van der Waals surface area contributed by atoms with E-state index < -0.39 is 18.3 Å². The Bertz CT molecular complexity index is 1110. The van der Waals surface area contributed by atoms with E-state index in [0.717, 1.165) is 39.0 Å². The summed E-state index contributed by atoms with van der Waals surface area (Å²) in [5.41, 5.74) is 6.03. The summed E-state index contributed by atoms with van der Waals surface area (Å²) < 4.78 is 25.1. The van der Waals surface area contributed by atoms with Crippen LogP contribution >= 0.6 is 0 Å². The molecule has 7 aliphatic rings. The van der Waals surface area contributed by atoms with Crippen molar-refractivity contribution < 1.29 is 28.8 Å². The molecule has 1 amide bonds. The van der Waals surface area contributed by atoms with Gasteiger partial charge in [-0.15, -0.1) is 0 Å². The van der Waals surface area contributed by atoms with Crippen molar-refractivity contribution in [1.29, 1.82) is 0 Å². The fourth-order valence-electron chi connectivity index (χ4n) is 13.4. The summed E-state index contributed by atoms with van der Waals surface area (Å²) in [4.78, 5) is 11.8. The third-order valence-corrected chi connectivity index (χ3v) is 15.3. The number of fused-ring (bicyclic) bond motifs is 4. The lowest BCUT2D eigenvalue weighted by atomic mass is 9.41. The highest BCUT2D eigenvalue weighted by Gasteiger charge is 2.84. The lowest BCUT2D eigenvalue weighted by Crippen LogP contribution is -2.60. The summed E-state index contributed by atoms with van der Waals surface area (Å²) in [7, 11) is 0. The molecule has 7 fully saturated rings. The smallest absolute Gasteiger partial charge is 0.404 e. The molecule has 5 saturated carbocycles. The van der Waals surface area contributed by atoms with E-state index in [1.165, 1.54) is 32.1 Å². The summed E-state index contributed by atoms with van der Waals surface area (Å²) in [6.45, 7) is 18.7. The predicted molar refractivity (Wildman–Crippen MR) is 163 cm³/mol. The Morgan fingerprint density at radius 1 is 1.05 bits per heavy atom. The zero-order valence-electron chi connectivity index (χ0n) is 27.7. The van der Waals surface area contributed by atoms with Gasteiger partial charge in [-0.25, -0.2) is 4.79 Å². The maximum atomic E-state index is 12.5. The minimum absolute atomic E-state index is 0.00697. The van der Waals surface area contributed by atoms with Crippen LogP contribution in [0.1, 0.15) is 99.8 Å². The second-order valence-electron chi connectivity index (χ2n) is 17.3. The number of carbonyl (C=O) groups is 1. The number of ether oxygens (including phenoxy) is 4. The average molecular weight is 603 g/mol. The van der Waals surface area contributed by atoms with E-state index in [4.69, 9.17) is 24.7 Å². The van der Waals surface area contributed by atoms with Crippen LogP contribution < -0.4 is 11.1 Å². The molecule has 8 nitrogen and oxygen atoms in total. The van der Waals surface area contributed by atoms with Crippen molar-refractivity contribution in [2.45, 2.75) is 137 Å². The largest absolute Gasteiger partial charge is 0.443 e. The lowest BCUT2D eigenvalue weighted by Gasteiger charge is -2.63. The first-order valence-electron chi connectivity index (χ1n) is 17.5. The summed E-state index contributed by atoms with van der Waals surface area (Å²) in [6.07, 6.45) is 7.15. The Morgan fingerprint density at radius 3 is 2.44 bits per heavy atom. The molecule has 2 saturated heterocycles. The van der Waals surface area contributed by atoms with E-state index in [-0.39, 0.29) is 46.8 Å². The van der Waals surface area contributed by atoms with Crippen molar-refractivity contribution in [1.82, 2.24) is 5.32 Å². The van der Waals surface area contributed by atoms with E-state index in [1.807, 2.05) is 0 Å². The van der Waals surface area contributed by atoms with Crippen LogP contribution in [0, 0.1) is 56.7 Å². The number of carbonyl (C=O) groups excluding carboxylic acids is 1. The van der Waals surface area contributed by atoms with Crippen LogP contribution in [0.25, 0.3) is 0 Å². The predicted octanol–water partition coefficient (Wildman–Crippen LogP) is 5.25. The van der Waals surface area contributed by atoms with Crippen molar-refractivity contribution in [3.63, 3.8) is 0 Å². The number of rotatable bonds is 5. The van der Waals surface area contributed by atoms with Crippen molar-refractivity contribution in [2.75, 3.05) is 19.7 Å². The molecule has 43 heavy (non-hydrogen) atoms. The maximum Gasteiger partial charge on any atom is 0.404 e. The molecule has 2 heterocycles. The van der Waals surface area contributed by atoms with Gasteiger partial charge in [0.25, 0.3) is 0 Å². The number of primary amides is 1. The zero-order valence-corrected chi connectivity index (χ0v) is 27.7. The summed E-state index contributed by atoms with van der Waals surface area (Å²) in [6, 6.07) is 0. The molecule has 2 spiro atoms. The van der Waals surface area contributed by atoms with Crippen molar-refractivity contribution >= 4 is 6.09 Å². The average Bonchev–Trinajstić information content (AvgIpc) is 3.58. The third-order valence-electron chi connectivity index (χ3n) is 15.3. The van der Waals surface area contributed by atoms with Gasteiger partial charge in [0, 0.05) is 18.5 Å². The summed E-state index contributed by atoms with van der Waals surface area (Å²) >= 11 is 0. The molecular formula is C35H58N2O6. The molecule has 0 aromatic heterocycles. The van der Waals surface area contributed by atoms with Gasteiger partial charge in [0.1, 0.15) is 6.10 Å². The van der Waals surface area contributed by atoms with Crippen LogP contribution in [0.2, 0.25) is 0 Å². The van der Waals surface area contributed by atoms with E-state index in [2.05, 4.69) is 53.8 Å². The van der Waals surface area contributed by atoms with Crippen molar-refractivity contribution in [3.8, 4) is 0 Å². The first-order valence-corrected chi connectivity index (χ1v) is 17.5. The standard InChI is InChI=1S/C35H58N2O6/c1-19(2)27(43-30(36)39)21-16-20(3)26-28(41-21)29(38)33(7)23-9-8-22-31(4,5)24(42-25-17-37-14-15-40-25)10-11-34(22)18-35(23,34)13-12-32(26,33)6/h19-29,37-38H,8-18H2,1-7H3,(H2,36,39)/t20-,21-,22+,23+,24?,25+,26+,27-,28+,29+,32-,33-,34?,35+/m1/s1. The van der Waals surface area contributed by atoms with Crippen LogP contribution in [0.4, 0.5) is 4.79 Å². The second-order valence-corrected chi connectivity index (χ2v) is 17.3. The molecule has 0 aromatic rings. The summed E-state index contributed by atoms with van der Waals surface area (Å²) in [5.74, 6) is 1.87. The second kappa shape index (κ2) is 10.0. The minimum atomic E-state index is -0.750. The maximum absolute atomic E-state index is 12.5. The molecule has 7 rings (SSSR count). The molecule has 0 aromatic carbocycles. The Hall–Kier alpha value is -0.930. The molecule has 244 valence electrons. The molecule has 5 aliphatic carbocycles. The van der Waals surface area contributed by atoms with Crippen LogP contribution in [0.15, 0.2) is 0 Å². The van der Waals surface area contributed by atoms with Crippen LogP contribution in [-0.4, -0.2) is 67.7 Å². The topological polar surface area (TPSA) is 112 Å². The SMILES string of the molecule is CC(C)[C@@H](OC(N)=O)[C@H]1C[C@@H](C)[C@H]2[C@H](O1)[C@H](O)[C@@]1(C)[C@@H]3CC[C@H]4C(C)(C)C(O[C@H]5CNCCO5)CCC45C[C@@]35CC[C@]21C. The Labute approximate surface area is 258 Å². The number of aliphatic hydroxyl groups excluding tert-OH is 1. The molecule has 2 aliphatic heterocycles. The van der Waals surface area contributed by atoms with Gasteiger partial charge in [-0.05, 0) is 103 Å². The van der Waals surface area contributed by atoms with Crippen molar-refractivity contribution in [3.05, 3.63) is 0 Å². The zero-order chi connectivity index (χ0) is 30.7. The van der Waals surface area contributed by atoms with Gasteiger partial charge in [0.05, 0.1) is 31.0 Å². The molecule has 0 radical (unpaired) electrons. The first-order chi connectivity index (χ1) is 20.2. The highest BCUT2D eigenvalue weighted by molar-refractivity contribution is 5.64. The van der Waals surface area contributed by atoms with E-state index in [0.29, 0.717) is 34.5 Å². The Balaban J connectivity index is 1.16. The fraction of sp³-hybridized carbons (Fsp3) is 0.971. The van der Waals surface area contributed by atoms with Gasteiger partial charge in [-0.2, -0.15) is 0 Å². The Morgan fingerprint density at radius 2 is 1.77 bits per heavy atom. The fourth-order valence-corrected chi connectivity index (χ4v) is 13.4. The Kier molecular flexibility index (Phi) is 7.17. The normalized spacial score (nSPS) is 53.9. The molecule has 8 heteroatoms. The number of hydrogen-bond donors (Lipinski definition) is 3. The summed E-state index contributed by atoms with van der Waals surface area (Å²) in [5, 5.41) is 15.9. The van der Waals surface area contributed by atoms with Gasteiger partial charge in [-0.3, -0.25) is 0 Å². The molecule has 4 N–H and O–H groups in total. The number of nitrogens with one attached hydrogen (secondary N) is 1. The van der Waals surface area contributed by atoms with Gasteiger partial charge >= 0.3 is 6.09 Å². The van der Waals surface area contributed by atoms with Gasteiger partial charge in [-0.1, -0.05) is 48.5 Å². The van der Waals surface area contributed by atoms with Crippen LogP contribution in [-0.2, 0) is 18.9 Å². The van der Waals surface area contributed by atoms with Crippen LogP contribution in [0.3, 0.4) is 0 Å². The number of nitrogens with two attached hydrogens (primary N) is 1. The highest BCUT2D eigenvalue weighted by atomic mass is 16.7. The first kappa shape index (κ1) is 30.7. The molecule has 14 atom stereocenters. The van der Waals surface area contributed by atoms with Crippen molar-refractivity contribution in [2.24, 2.45) is 62.4 Å². The highest BCUT2D eigenvalue weighted by Crippen LogP contribution is 2.89. The van der Waals surface area contributed by atoms with E-state index >= 15 is 0 Å².